The minimum absolute atomic E-state index is 0.00781. The summed E-state index contributed by atoms with van der Waals surface area (Å²) in [5.74, 6) is -0.107. The number of benzene rings is 2. The summed E-state index contributed by atoms with van der Waals surface area (Å²) < 4.78 is 5.60. The van der Waals surface area contributed by atoms with Gasteiger partial charge in [-0.15, -0.1) is 0 Å². The van der Waals surface area contributed by atoms with Crippen LogP contribution in [0.15, 0.2) is 64.6 Å². The maximum atomic E-state index is 12.3. The van der Waals surface area contributed by atoms with Gasteiger partial charge < -0.3 is 9.73 Å². The summed E-state index contributed by atoms with van der Waals surface area (Å²) in [6, 6.07) is 15.8. The number of furan rings is 1. The van der Waals surface area contributed by atoms with E-state index in [-0.39, 0.29) is 22.0 Å². The number of nitro benzene ring substituents is 1. The number of rotatable bonds is 5. The van der Waals surface area contributed by atoms with Crippen molar-refractivity contribution in [3.63, 3.8) is 0 Å². The Kier molecular flexibility index (Phi) is 5.98. The lowest BCUT2D eigenvalue weighted by Gasteiger charge is -2.05. The first-order chi connectivity index (χ1) is 13.9. The Labute approximate surface area is 174 Å². The van der Waals surface area contributed by atoms with Gasteiger partial charge in [-0.25, -0.2) is 0 Å². The molecule has 0 atom stereocenters. The minimum Gasteiger partial charge on any atom is -0.457 e. The van der Waals surface area contributed by atoms with Crippen molar-refractivity contribution < 1.29 is 14.1 Å². The Bertz CT molecular complexity index is 1180. The molecule has 0 aliphatic rings. The average molecular weight is 428 g/mol. The summed E-state index contributed by atoms with van der Waals surface area (Å²) >= 11 is 11.8. The first kappa shape index (κ1) is 20.1. The van der Waals surface area contributed by atoms with E-state index in [0.29, 0.717) is 22.0 Å². The summed E-state index contributed by atoms with van der Waals surface area (Å²) in [5, 5.41) is 23.2. The van der Waals surface area contributed by atoms with E-state index in [0.717, 1.165) is 0 Å². The Morgan fingerprint density at radius 3 is 2.59 bits per heavy atom. The monoisotopic (exact) mass is 427 g/mol. The summed E-state index contributed by atoms with van der Waals surface area (Å²) in [7, 11) is 0. The number of nitrogens with one attached hydrogen (secondary N) is 1. The molecule has 1 amide bonds. The van der Waals surface area contributed by atoms with Crippen LogP contribution in [0.3, 0.4) is 0 Å². The molecule has 144 valence electrons. The van der Waals surface area contributed by atoms with E-state index in [2.05, 4.69) is 5.32 Å². The van der Waals surface area contributed by atoms with Crippen molar-refractivity contribution in [1.29, 1.82) is 5.26 Å². The van der Waals surface area contributed by atoms with Crippen LogP contribution in [-0.4, -0.2) is 10.8 Å². The van der Waals surface area contributed by atoms with Crippen molar-refractivity contribution >= 4 is 46.6 Å². The second-order valence-corrected chi connectivity index (χ2v) is 6.54. The van der Waals surface area contributed by atoms with Crippen LogP contribution in [0.1, 0.15) is 5.76 Å². The Balaban J connectivity index is 1.85. The molecule has 2 aromatic carbocycles. The number of nitro groups is 1. The molecule has 9 heteroatoms. The van der Waals surface area contributed by atoms with Crippen molar-refractivity contribution in [2.75, 3.05) is 5.32 Å². The molecule has 1 N–H and O–H groups in total. The SMILES string of the molecule is N#C/C(=C\c1ccc(-c2ccc(Cl)c([N+](=O)[O-])c2)o1)C(=O)Nc1ccccc1Cl. The number of anilines is 1. The third-order valence-corrected chi connectivity index (χ3v) is 4.48. The molecule has 1 aromatic heterocycles. The lowest BCUT2D eigenvalue weighted by Crippen LogP contribution is -2.13. The van der Waals surface area contributed by atoms with Gasteiger partial charge in [0, 0.05) is 17.7 Å². The van der Waals surface area contributed by atoms with E-state index in [1.54, 1.807) is 36.4 Å². The number of carbonyl (C=O) groups excluding carboxylic acids is 1. The highest BCUT2D eigenvalue weighted by atomic mass is 35.5. The van der Waals surface area contributed by atoms with E-state index in [1.807, 2.05) is 6.07 Å². The molecular formula is C20H11Cl2N3O4. The number of para-hydroxylation sites is 1. The van der Waals surface area contributed by atoms with Gasteiger partial charge >= 0.3 is 0 Å². The maximum Gasteiger partial charge on any atom is 0.288 e. The predicted molar refractivity (Wildman–Crippen MR) is 109 cm³/mol. The molecule has 7 nitrogen and oxygen atoms in total. The zero-order valence-corrected chi connectivity index (χ0v) is 16.1. The van der Waals surface area contributed by atoms with Gasteiger partial charge in [0.15, 0.2) is 0 Å². The van der Waals surface area contributed by atoms with Crippen molar-refractivity contribution in [2.24, 2.45) is 0 Å². The highest BCUT2D eigenvalue weighted by molar-refractivity contribution is 6.34. The zero-order chi connectivity index (χ0) is 21.0. The second-order valence-electron chi connectivity index (χ2n) is 5.73. The number of hydrogen-bond acceptors (Lipinski definition) is 5. The number of amides is 1. The van der Waals surface area contributed by atoms with Gasteiger partial charge in [0.2, 0.25) is 0 Å². The molecule has 3 aromatic rings. The lowest BCUT2D eigenvalue weighted by atomic mass is 10.1. The fourth-order valence-corrected chi connectivity index (χ4v) is 2.80. The van der Waals surface area contributed by atoms with Crippen LogP contribution in [0.5, 0.6) is 0 Å². The molecule has 0 aliphatic carbocycles. The van der Waals surface area contributed by atoms with E-state index in [1.165, 1.54) is 24.3 Å². The largest absolute Gasteiger partial charge is 0.457 e. The van der Waals surface area contributed by atoms with E-state index < -0.39 is 10.8 Å². The molecule has 0 unspecified atom stereocenters. The third-order valence-electron chi connectivity index (χ3n) is 3.83. The van der Waals surface area contributed by atoms with Gasteiger partial charge in [-0.2, -0.15) is 5.26 Å². The number of nitrogens with zero attached hydrogens (tertiary/aromatic N) is 2. The van der Waals surface area contributed by atoms with Crippen molar-refractivity contribution in [1.82, 2.24) is 0 Å². The molecule has 0 aliphatic heterocycles. The third kappa shape index (κ3) is 4.63. The molecule has 1 heterocycles. The maximum absolute atomic E-state index is 12.3. The fraction of sp³-hybridized carbons (Fsp3) is 0. The molecule has 29 heavy (non-hydrogen) atoms. The van der Waals surface area contributed by atoms with Crippen molar-refractivity contribution in [3.05, 3.63) is 86.1 Å². The average Bonchev–Trinajstić information content (AvgIpc) is 3.16. The summed E-state index contributed by atoms with van der Waals surface area (Å²) in [4.78, 5) is 22.8. The molecule has 0 spiro atoms. The van der Waals surface area contributed by atoms with Crippen LogP contribution >= 0.6 is 23.2 Å². The van der Waals surface area contributed by atoms with Crippen molar-refractivity contribution in [2.45, 2.75) is 0 Å². The molecule has 0 saturated heterocycles. The van der Waals surface area contributed by atoms with Gasteiger partial charge in [0.25, 0.3) is 11.6 Å². The fourth-order valence-electron chi connectivity index (χ4n) is 2.43. The lowest BCUT2D eigenvalue weighted by molar-refractivity contribution is -0.384. The molecule has 0 bridgehead atoms. The summed E-state index contributed by atoms with van der Waals surface area (Å²) in [6.07, 6.45) is 1.26. The van der Waals surface area contributed by atoms with Crippen LogP contribution in [0.4, 0.5) is 11.4 Å². The topological polar surface area (TPSA) is 109 Å². The van der Waals surface area contributed by atoms with Crippen LogP contribution in [-0.2, 0) is 4.79 Å². The highest BCUT2D eigenvalue weighted by Crippen LogP contribution is 2.31. The van der Waals surface area contributed by atoms with E-state index >= 15 is 0 Å². The quantitative estimate of drug-likeness (QED) is 0.242. The molecular weight excluding hydrogens is 417 g/mol. The van der Waals surface area contributed by atoms with Crippen LogP contribution in [0.25, 0.3) is 17.4 Å². The second kappa shape index (κ2) is 8.61. The number of nitriles is 1. The number of hydrogen-bond donors (Lipinski definition) is 1. The standard InChI is InChI=1S/C20H11Cl2N3O4/c21-15-3-1-2-4-17(15)24-20(26)13(11-23)9-14-6-8-19(29-14)12-5-7-16(22)18(10-12)25(27)28/h1-10H,(H,24,26)/b13-9+. The van der Waals surface area contributed by atoms with Gasteiger partial charge in [-0.1, -0.05) is 35.3 Å². The predicted octanol–water partition coefficient (Wildman–Crippen LogP) is 5.71. The normalized spacial score (nSPS) is 11.0. The van der Waals surface area contributed by atoms with Gasteiger partial charge in [-0.3, -0.25) is 14.9 Å². The Morgan fingerprint density at radius 1 is 1.14 bits per heavy atom. The Hall–Kier alpha value is -3.60. The van der Waals surface area contributed by atoms with Gasteiger partial charge in [-0.05, 0) is 36.4 Å². The highest BCUT2D eigenvalue weighted by Gasteiger charge is 2.16. The van der Waals surface area contributed by atoms with Gasteiger partial charge in [0.1, 0.15) is 28.2 Å². The van der Waals surface area contributed by atoms with Gasteiger partial charge in [0.05, 0.1) is 15.6 Å². The van der Waals surface area contributed by atoms with E-state index in [9.17, 15) is 20.2 Å². The van der Waals surface area contributed by atoms with Crippen LogP contribution in [0, 0.1) is 21.4 Å². The number of carbonyl (C=O) groups is 1. The first-order valence-electron chi connectivity index (χ1n) is 8.11. The van der Waals surface area contributed by atoms with Crippen LogP contribution < -0.4 is 5.32 Å². The Morgan fingerprint density at radius 2 is 1.90 bits per heavy atom. The molecule has 0 fully saturated rings. The number of halogens is 2. The first-order valence-corrected chi connectivity index (χ1v) is 8.86. The smallest absolute Gasteiger partial charge is 0.288 e. The zero-order valence-electron chi connectivity index (χ0n) is 14.6. The minimum atomic E-state index is -0.652. The van der Waals surface area contributed by atoms with Crippen LogP contribution in [0.2, 0.25) is 10.0 Å². The molecule has 0 saturated carbocycles. The van der Waals surface area contributed by atoms with Crippen molar-refractivity contribution in [3.8, 4) is 17.4 Å². The summed E-state index contributed by atoms with van der Waals surface area (Å²) in [5.41, 5.74) is 0.344. The molecule has 3 rings (SSSR count). The molecule has 0 radical (unpaired) electrons. The summed E-state index contributed by atoms with van der Waals surface area (Å²) in [6.45, 7) is 0. The van der Waals surface area contributed by atoms with E-state index in [4.69, 9.17) is 27.6 Å².